The Morgan fingerprint density at radius 1 is 1.10 bits per heavy atom. The number of hydrogen-bond donors (Lipinski definition) is 2. The van der Waals surface area contributed by atoms with Gasteiger partial charge in [-0.05, 0) is 24.3 Å². The van der Waals surface area contributed by atoms with Gasteiger partial charge >= 0.3 is 5.97 Å². The van der Waals surface area contributed by atoms with Crippen LogP contribution in [0, 0.1) is 11.6 Å². The number of rotatable bonds is 3. The van der Waals surface area contributed by atoms with Gasteiger partial charge in [0.2, 0.25) is 0 Å². The Hall–Kier alpha value is -2.83. The van der Waals surface area contributed by atoms with Gasteiger partial charge in [-0.3, -0.25) is 4.79 Å². The lowest BCUT2D eigenvalue weighted by molar-refractivity contribution is 0.0696. The number of carbonyl (C=O) groups is 2. The zero-order chi connectivity index (χ0) is 14.7. The number of nitrogens with one attached hydrogen (secondary N) is 1. The van der Waals surface area contributed by atoms with Crippen LogP contribution in [0.3, 0.4) is 0 Å². The highest BCUT2D eigenvalue weighted by Gasteiger charge is 2.17. The van der Waals surface area contributed by atoms with E-state index in [1.165, 1.54) is 12.1 Å². The van der Waals surface area contributed by atoms with Crippen molar-refractivity contribution < 1.29 is 23.5 Å². The molecule has 7 heteroatoms. The number of aromatic carboxylic acids is 1. The number of amides is 1. The topological polar surface area (TPSA) is 79.3 Å². The van der Waals surface area contributed by atoms with Crippen molar-refractivity contribution in [2.24, 2.45) is 0 Å². The predicted octanol–water partition coefficient (Wildman–Crippen LogP) is 2.31. The fourth-order valence-electron chi connectivity index (χ4n) is 1.49. The molecule has 1 aromatic heterocycles. The Balaban J connectivity index is 2.21. The molecule has 5 nitrogen and oxygen atoms in total. The Kier molecular flexibility index (Phi) is 3.69. The van der Waals surface area contributed by atoms with Gasteiger partial charge < -0.3 is 10.4 Å². The lowest BCUT2D eigenvalue weighted by Gasteiger charge is -2.06. The minimum absolute atomic E-state index is 0.0114. The second kappa shape index (κ2) is 5.43. The highest BCUT2D eigenvalue weighted by Crippen LogP contribution is 2.14. The van der Waals surface area contributed by atoms with E-state index in [9.17, 15) is 18.4 Å². The molecule has 0 aliphatic heterocycles. The molecule has 1 amide bonds. The molecular weight excluding hydrogens is 270 g/mol. The summed E-state index contributed by atoms with van der Waals surface area (Å²) >= 11 is 0. The number of aromatic nitrogens is 1. The fraction of sp³-hybridized carbons (Fsp3) is 0. The van der Waals surface area contributed by atoms with Crippen LogP contribution in [0.5, 0.6) is 0 Å². The van der Waals surface area contributed by atoms with E-state index < -0.39 is 29.1 Å². The van der Waals surface area contributed by atoms with E-state index in [1.54, 1.807) is 0 Å². The molecule has 0 aliphatic carbocycles. The van der Waals surface area contributed by atoms with Crippen LogP contribution in [0.15, 0.2) is 36.5 Å². The van der Waals surface area contributed by atoms with Gasteiger partial charge in [0.1, 0.15) is 23.0 Å². The SMILES string of the molecule is O=C(O)c1ccc(NC(=O)c2c(F)cccc2F)nc1. The summed E-state index contributed by atoms with van der Waals surface area (Å²) in [7, 11) is 0. The molecule has 0 radical (unpaired) electrons. The van der Waals surface area contributed by atoms with E-state index in [-0.39, 0.29) is 11.4 Å². The molecule has 20 heavy (non-hydrogen) atoms. The van der Waals surface area contributed by atoms with Crippen LogP contribution in [-0.4, -0.2) is 22.0 Å². The third kappa shape index (κ3) is 2.77. The minimum Gasteiger partial charge on any atom is -0.478 e. The highest BCUT2D eigenvalue weighted by molar-refractivity contribution is 6.04. The monoisotopic (exact) mass is 278 g/mol. The first-order valence-electron chi connectivity index (χ1n) is 5.44. The third-order valence-corrected chi connectivity index (χ3v) is 2.44. The second-order valence-corrected chi connectivity index (χ2v) is 3.79. The van der Waals surface area contributed by atoms with Crippen LogP contribution >= 0.6 is 0 Å². The van der Waals surface area contributed by atoms with Gasteiger partial charge in [0.15, 0.2) is 0 Å². The van der Waals surface area contributed by atoms with Crippen molar-refractivity contribution >= 4 is 17.7 Å². The maximum atomic E-state index is 13.4. The number of anilines is 1. The summed E-state index contributed by atoms with van der Waals surface area (Å²) in [5.74, 6) is -4.18. The number of pyridine rings is 1. The molecule has 0 atom stereocenters. The van der Waals surface area contributed by atoms with Crippen LogP contribution in [-0.2, 0) is 0 Å². The third-order valence-electron chi connectivity index (χ3n) is 2.44. The maximum Gasteiger partial charge on any atom is 0.337 e. The van der Waals surface area contributed by atoms with Gasteiger partial charge in [0, 0.05) is 6.20 Å². The van der Waals surface area contributed by atoms with Crippen molar-refractivity contribution in [2.45, 2.75) is 0 Å². The fourth-order valence-corrected chi connectivity index (χ4v) is 1.49. The molecule has 0 bridgehead atoms. The van der Waals surface area contributed by atoms with Crippen LogP contribution in [0.4, 0.5) is 14.6 Å². The number of halogens is 2. The van der Waals surface area contributed by atoms with Gasteiger partial charge in [-0.1, -0.05) is 6.07 Å². The number of carboxylic acid groups (broad SMARTS) is 1. The molecule has 0 spiro atoms. The van der Waals surface area contributed by atoms with E-state index in [0.29, 0.717) is 0 Å². The van der Waals surface area contributed by atoms with Crippen LogP contribution in [0.1, 0.15) is 20.7 Å². The molecule has 2 aromatic rings. The summed E-state index contributed by atoms with van der Waals surface area (Å²) in [4.78, 5) is 26.0. The number of carbonyl (C=O) groups excluding carboxylic acids is 1. The van der Waals surface area contributed by atoms with Gasteiger partial charge in [0.25, 0.3) is 5.91 Å². The maximum absolute atomic E-state index is 13.4. The first-order valence-corrected chi connectivity index (χ1v) is 5.44. The van der Waals surface area contributed by atoms with Gasteiger partial charge in [-0.15, -0.1) is 0 Å². The Morgan fingerprint density at radius 3 is 2.25 bits per heavy atom. The first-order chi connectivity index (χ1) is 9.49. The molecule has 0 aliphatic rings. The Bertz CT molecular complexity index is 652. The average Bonchev–Trinajstić information content (AvgIpc) is 2.39. The Labute approximate surface area is 111 Å². The molecule has 1 heterocycles. The lowest BCUT2D eigenvalue weighted by atomic mass is 10.2. The summed E-state index contributed by atoms with van der Waals surface area (Å²) in [6.45, 7) is 0. The average molecular weight is 278 g/mol. The van der Waals surface area contributed by atoms with Crippen LogP contribution < -0.4 is 5.32 Å². The van der Waals surface area contributed by atoms with Crippen molar-refractivity contribution in [2.75, 3.05) is 5.32 Å². The van der Waals surface area contributed by atoms with Crippen molar-refractivity contribution in [1.82, 2.24) is 4.98 Å². The van der Waals surface area contributed by atoms with E-state index >= 15 is 0 Å². The molecule has 0 saturated heterocycles. The van der Waals surface area contributed by atoms with Crippen LogP contribution in [0.25, 0.3) is 0 Å². The summed E-state index contributed by atoms with van der Waals surface area (Å²) in [5, 5.41) is 10.9. The first kappa shape index (κ1) is 13.6. The molecule has 0 fully saturated rings. The summed E-state index contributed by atoms with van der Waals surface area (Å²) in [5.41, 5.74) is -0.795. The van der Waals surface area contributed by atoms with Crippen molar-refractivity contribution in [3.05, 3.63) is 59.3 Å². The van der Waals surface area contributed by atoms with Crippen LogP contribution in [0.2, 0.25) is 0 Å². The largest absolute Gasteiger partial charge is 0.478 e. The molecule has 2 rings (SSSR count). The number of carboxylic acids is 1. The number of hydrogen-bond acceptors (Lipinski definition) is 3. The number of benzene rings is 1. The van der Waals surface area contributed by atoms with Gasteiger partial charge in [-0.2, -0.15) is 0 Å². The minimum atomic E-state index is -1.17. The van der Waals surface area contributed by atoms with Gasteiger partial charge in [-0.25, -0.2) is 18.6 Å². The lowest BCUT2D eigenvalue weighted by Crippen LogP contribution is -2.16. The van der Waals surface area contributed by atoms with E-state index in [4.69, 9.17) is 5.11 Å². The quantitative estimate of drug-likeness (QED) is 0.903. The van der Waals surface area contributed by atoms with E-state index in [0.717, 1.165) is 24.4 Å². The van der Waals surface area contributed by atoms with Crippen molar-refractivity contribution in [3.8, 4) is 0 Å². The zero-order valence-electron chi connectivity index (χ0n) is 9.93. The van der Waals surface area contributed by atoms with Crippen molar-refractivity contribution in [1.29, 1.82) is 0 Å². The normalized spacial score (nSPS) is 10.1. The van der Waals surface area contributed by atoms with E-state index in [2.05, 4.69) is 10.3 Å². The molecule has 0 saturated carbocycles. The van der Waals surface area contributed by atoms with E-state index in [1.807, 2.05) is 0 Å². The highest BCUT2D eigenvalue weighted by atomic mass is 19.1. The summed E-state index contributed by atoms with van der Waals surface area (Å²) in [6.07, 6.45) is 1.02. The molecule has 1 aromatic carbocycles. The van der Waals surface area contributed by atoms with Crippen molar-refractivity contribution in [3.63, 3.8) is 0 Å². The summed E-state index contributed by atoms with van der Waals surface area (Å²) < 4.78 is 26.7. The van der Waals surface area contributed by atoms with Gasteiger partial charge in [0.05, 0.1) is 5.56 Å². The standard InChI is InChI=1S/C13H8F2N2O3/c14-8-2-1-3-9(15)11(8)12(18)17-10-5-4-7(6-16-10)13(19)20/h1-6H,(H,19,20)(H,16,17,18). The molecule has 0 unspecified atom stereocenters. The summed E-state index contributed by atoms with van der Waals surface area (Å²) in [6, 6.07) is 5.49. The molecule has 102 valence electrons. The molecular formula is C13H8F2N2O3. The number of nitrogens with zero attached hydrogens (tertiary/aromatic N) is 1. The zero-order valence-corrected chi connectivity index (χ0v) is 9.93. The second-order valence-electron chi connectivity index (χ2n) is 3.79. The smallest absolute Gasteiger partial charge is 0.337 e. The Morgan fingerprint density at radius 2 is 1.75 bits per heavy atom. The predicted molar refractivity (Wildman–Crippen MR) is 65.5 cm³/mol. The molecule has 2 N–H and O–H groups in total.